The topological polar surface area (TPSA) is 12.5 Å². The zero-order valence-corrected chi connectivity index (χ0v) is 7.97. The Hall–Kier alpha value is 0.210. The van der Waals surface area contributed by atoms with Crippen LogP contribution in [0.4, 0.5) is 0 Å². The molecule has 0 radical (unpaired) electrons. The first kappa shape index (κ1) is 9.30. The molecule has 0 aromatic rings. The van der Waals surface area contributed by atoms with Crippen molar-refractivity contribution >= 4 is 11.6 Å². The maximum Gasteiger partial charge on any atom is 0.0837 e. The van der Waals surface area contributed by atoms with Crippen molar-refractivity contribution in [2.24, 2.45) is 0 Å². The number of hydrogen-bond donors (Lipinski definition) is 0. The van der Waals surface area contributed by atoms with Crippen molar-refractivity contribution in [3.8, 4) is 0 Å². The normalized spacial score (nSPS) is 27.8. The van der Waals surface area contributed by atoms with Crippen LogP contribution in [0.2, 0.25) is 0 Å². The monoisotopic (exact) mass is 177 g/mol. The summed E-state index contributed by atoms with van der Waals surface area (Å²) < 4.78 is 5.43. The summed E-state index contributed by atoms with van der Waals surface area (Å²) in [6.45, 7) is 7.27. The van der Waals surface area contributed by atoms with Gasteiger partial charge in [0.15, 0.2) is 0 Å². The standard InChI is InChI=1S/C8H16ClNO/c1-7(2)10-3-4-11-8(5-9)6-10/h7-8H,3-6H2,1-2H3. The molecule has 3 heteroatoms. The van der Waals surface area contributed by atoms with Crippen LogP contribution in [-0.4, -0.2) is 42.6 Å². The predicted molar refractivity (Wildman–Crippen MR) is 47.2 cm³/mol. The minimum atomic E-state index is 0.243. The van der Waals surface area contributed by atoms with Crippen LogP contribution in [0, 0.1) is 0 Å². The van der Waals surface area contributed by atoms with E-state index >= 15 is 0 Å². The summed E-state index contributed by atoms with van der Waals surface area (Å²) >= 11 is 5.70. The maximum absolute atomic E-state index is 5.70. The zero-order valence-electron chi connectivity index (χ0n) is 7.22. The summed E-state index contributed by atoms with van der Waals surface area (Å²) in [5.41, 5.74) is 0. The number of hydrogen-bond acceptors (Lipinski definition) is 2. The van der Waals surface area contributed by atoms with Crippen molar-refractivity contribution < 1.29 is 4.74 Å². The van der Waals surface area contributed by atoms with Crippen molar-refractivity contribution in [2.75, 3.05) is 25.6 Å². The Balaban J connectivity index is 2.33. The van der Waals surface area contributed by atoms with Gasteiger partial charge in [0.2, 0.25) is 0 Å². The molecule has 11 heavy (non-hydrogen) atoms. The molecule has 0 aliphatic carbocycles. The van der Waals surface area contributed by atoms with E-state index in [1.54, 1.807) is 0 Å². The van der Waals surface area contributed by atoms with Crippen molar-refractivity contribution in [1.82, 2.24) is 4.90 Å². The third-order valence-corrected chi connectivity index (χ3v) is 2.42. The van der Waals surface area contributed by atoms with Gasteiger partial charge in [-0.1, -0.05) is 0 Å². The van der Waals surface area contributed by atoms with Gasteiger partial charge in [0.05, 0.1) is 12.7 Å². The predicted octanol–water partition coefficient (Wildman–Crippen LogP) is 1.33. The summed E-state index contributed by atoms with van der Waals surface area (Å²) in [4.78, 5) is 2.40. The minimum Gasteiger partial charge on any atom is -0.374 e. The van der Waals surface area contributed by atoms with Gasteiger partial charge in [-0.2, -0.15) is 0 Å². The Morgan fingerprint density at radius 2 is 2.36 bits per heavy atom. The number of ether oxygens (including phenoxy) is 1. The molecule has 0 bridgehead atoms. The van der Waals surface area contributed by atoms with Gasteiger partial charge in [-0.3, -0.25) is 4.90 Å². The molecule has 0 amide bonds. The molecule has 0 aromatic heterocycles. The fourth-order valence-electron chi connectivity index (χ4n) is 1.30. The van der Waals surface area contributed by atoms with Gasteiger partial charge in [-0.05, 0) is 13.8 Å². The maximum atomic E-state index is 5.70. The molecule has 2 nitrogen and oxygen atoms in total. The summed E-state index contributed by atoms with van der Waals surface area (Å²) in [5, 5.41) is 0. The molecule has 1 rings (SSSR count). The van der Waals surface area contributed by atoms with Gasteiger partial charge in [-0.25, -0.2) is 0 Å². The summed E-state index contributed by atoms with van der Waals surface area (Å²) in [6, 6.07) is 0.615. The number of rotatable bonds is 2. The molecular weight excluding hydrogens is 162 g/mol. The highest BCUT2D eigenvalue weighted by Crippen LogP contribution is 2.09. The highest BCUT2D eigenvalue weighted by atomic mass is 35.5. The van der Waals surface area contributed by atoms with Crippen LogP contribution in [0.25, 0.3) is 0 Å². The van der Waals surface area contributed by atoms with Crippen LogP contribution in [0.1, 0.15) is 13.8 Å². The van der Waals surface area contributed by atoms with E-state index in [9.17, 15) is 0 Å². The van der Waals surface area contributed by atoms with Crippen molar-refractivity contribution in [3.05, 3.63) is 0 Å². The first-order valence-corrected chi connectivity index (χ1v) is 4.69. The molecular formula is C8H16ClNO. The third kappa shape index (κ3) is 2.62. The molecule has 1 aliphatic rings. The highest BCUT2D eigenvalue weighted by Gasteiger charge is 2.20. The van der Waals surface area contributed by atoms with Crippen molar-refractivity contribution in [2.45, 2.75) is 26.0 Å². The minimum absolute atomic E-state index is 0.243. The average Bonchev–Trinajstić information content (AvgIpc) is 2.05. The second-order valence-corrected chi connectivity index (χ2v) is 3.54. The molecule has 0 N–H and O–H groups in total. The van der Waals surface area contributed by atoms with Crippen LogP contribution in [0.5, 0.6) is 0 Å². The molecule has 0 saturated carbocycles. The largest absolute Gasteiger partial charge is 0.374 e. The van der Waals surface area contributed by atoms with Gasteiger partial charge >= 0.3 is 0 Å². The van der Waals surface area contributed by atoms with Gasteiger partial charge in [0.25, 0.3) is 0 Å². The molecule has 1 heterocycles. The highest BCUT2D eigenvalue weighted by molar-refractivity contribution is 6.18. The van der Waals surface area contributed by atoms with Crippen LogP contribution in [0.3, 0.4) is 0 Å². The molecule has 0 spiro atoms. The molecule has 0 aromatic carbocycles. The van der Waals surface area contributed by atoms with E-state index in [1.165, 1.54) is 0 Å². The first-order chi connectivity index (χ1) is 5.24. The second kappa shape index (κ2) is 4.29. The summed E-state index contributed by atoms with van der Waals surface area (Å²) in [7, 11) is 0. The number of nitrogens with zero attached hydrogens (tertiary/aromatic N) is 1. The lowest BCUT2D eigenvalue weighted by molar-refractivity contribution is -0.0271. The zero-order chi connectivity index (χ0) is 8.27. The van der Waals surface area contributed by atoms with E-state index in [0.29, 0.717) is 11.9 Å². The lowest BCUT2D eigenvalue weighted by Gasteiger charge is -2.34. The van der Waals surface area contributed by atoms with E-state index in [1.807, 2.05) is 0 Å². The first-order valence-electron chi connectivity index (χ1n) is 4.15. The molecule has 1 atom stereocenters. The smallest absolute Gasteiger partial charge is 0.0837 e. The van der Waals surface area contributed by atoms with Crippen LogP contribution in [0.15, 0.2) is 0 Å². The lowest BCUT2D eigenvalue weighted by Crippen LogP contribution is -2.46. The fourth-order valence-corrected chi connectivity index (χ4v) is 1.49. The molecule has 1 unspecified atom stereocenters. The quantitative estimate of drug-likeness (QED) is 0.591. The molecule has 1 saturated heterocycles. The average molecular weight is 178 g/mol. The van der Waals surface area contributed by atoms with Gasteiger partial charge in [0.1, 0.15) is 0 Å². The van der Waals surface area contributed by atoms with E-state index in [-0.39, 0.29) is 6.10 Å². The van der Waals surface area contributed by atoms with Crippen LogP contribution >= 0.6 is 11.6 Å². The second-order valence-electron chi connectivity index (χ2n) is 3.24. The Kier molecular flexibility index (Phi) is 3.63. The number of morpholine rings is 1. The molecule has 1 aliphatic heterocycles. The fraction of sp³-hybridized carbons (Fsp3) is 1.00. The third-order valence-electron chi connectivity index (χ3n) is 2.07. The van der Waals surface area contributed by atoms with Gasteiger partial charge in [0, 0.05) is 25.0 Å². The van der Waals surface area contributed by atoms with E-state index in [0.717, 1.165) is 19.7 Å². The van der Waals surface area contributed by atoms with E-state index in [2.05, 4.69) is 18.7 Å². The Labute approximate surface area is 73.5 Å². The Morgan fingerprint density at radius 1 is 1.64 bits per heavy atom. The SMILES string of the molecule is CC(C)N1CCOC(CCl)C1. The lowest BCUT2D eigenvalue weighted by atomic mass is 10.2. The van der Waals surface area contributed by atoms with Crippen LogP contribution in [-0.2, 0) is 4.74 Å². The van der Waals surface area contributed by atoms with Crippen molar-refractivity contribution in [1.29, 1.82) is 0 Å². The number of halogens is 1. The van der Waals surface area contributed by atoms with E-state index < -0.39 is 0 Å². The molecule has 66 valence electrons. The Morgan fingerprint density at radius 3 is 2.91 bits per heavy atom. The van der Waals surface area contributed by atoms with Crippen LogP contribution < -0.4 is 0 Å². The molecule has 1 fully saturated rings. The van der Waals surface area contributed by atoms with Gasteiger partial charge < -0.3 is 4.74 Å². The summed E-state index contributed by atoms with van der Waals surface area (Å²) in [6.07, 6.45) is 0.243. The Bertz CT molecular complexity index is 119. The van der Waals surface area contributed by atoms with Gasteiger partial charge in [-0.15, -0.1) is 11.6 Å². The van der Waals surface area contributed by atoms with E-state index in [4.69, 9.17) is 16.3 Å². The summed E-state index contributed by atoms with van der Waals surface area (Å²) in [5.74, 6) is 0.614. The van der Waals surface area contributed by atoms with Crippen molar-refractivity contribution in [3.63, 3.8) is 0 Å². The number of alkyl halides is 1.